The van der Waals surface area contributed by atoms with Crippen LogP contribution in [-0.4, -0.2) is 41.6 Å². The maximum atomic E-state index is 11.8. The number of hydrogen-bond acceptors (Lipinski definition) is 6. The van der Waals surface area contributed by atoms with Gasteiger partial charge in [-0.2, -0.15) is 0 Å². The second-order valence-corrected chi connectivity index (χ2v) is 3.98. The molecule has 1 N–H and O–H groups in total. The number of amides is 3. The number of rotatable bonds is 6. The first-order valence-electron chi connectivity index (χ1n) is 6.11. The van der Waals surface area contributed by atoms with Gasteiger partial charge in [-0.1, -0.05) is 19.6 Å². The Morgan fingerprint density at radius 3 is 2.50 bits per heavy atom. The smallest absolute Gasteiger partial charge is 0.408 e. The van der Waals surface area contributed by atoms with E-state index in [0.717, 1.165) is 0 Å². The summed E-state index contributed by atoms with van der Waals surface area (Å²) in [6.07, 6.45) is 0.807. The standard InChI is InChI=1S/C12H16N2O6/c1-3-7-19-12(18)13-8(4-2)11(17)20-14-9(15)5-6-10(14)16/h3,8H,1,4-7H2,2H3,(H,13,18)/t8-/m0/s1. The van der Waals surface area contributed by atoms with E-state index >= 15 is 0 Å². The summed E-state index contributed by atoms with van der Waals surface area (Å²) < 4.78 is 4.66. The summed E-state index contributed by atoms with van der Waals surface area (Å²) in [5.41, 5.74) is 0. The molecule has 1 aliphatic heterocycles. The number of ether oxygens (including phenoxy) is 1. The predicted octanol–water partition coefficient (Wildman–Crippen LogP) is 0.284. The van der Waals surface area contributed by atoms with Crippen LogP contribution in [0.4, 0.5) is 4.79 Å². The van der Waals surface area contributed by atoms with Gasteiger partial charge in [0.15, 0.2) is 0 Å². The Morgan fingerprint density at radius 1 is 1.40 bits per heavy atom. The summed E-state index contributed by atoms with van der Waals surface area (Å²) in [4.78, 5) is 50.4. The number of hydrogen-bond donors (Lipinski definition) is 1. The number of nitrogens with one attached hydrogen (secondary N) is 1. The van der Waals surface area contributed by atoms with Gasteiger partial charge < -0.3 is 14.9 Å². The summed E-state index contributed by atoms with van der Waals surface area (Å²) in [6.45, 7) is 5.01. The van der Waals surface area contributed by atoms with Crippen LogP contribution in [-0.2, 0) is 24.0 Å². The van der Waals surface area contributed by atoms with E-state index in [1.807, 2.05) is 0 Å². The molecule has 0 radical (unpaired) electrons. The molecule has 0 spiro atoms. The van der Waals surface area contributed by atoms with E-state index in [0.29, 0.717) is 5.06 Å². The number of carbonyl (C=O) groups excluding carboxylic acids is 4. The van der Waals surface area contributed by atoms with Crippen LogP contribution in [0, 0.1) is 0 Å². The van der Waals surface area contributed by atoms with Crippen LogP contribution < -0.4 is 5.32 Å². The van der Waals surface area contributed by atoms with E-state index in [1.54, 1.807) is 6.92 Å². The van der Waals surface area contributed by atoms with Gasteiger partial charge in [0, 0.05) is 12.8 Å². The van der Waals surface area contributed by atoms with E-state index in [9.17, 15) is 19.2 Å². The van der Waals surface area contributed by atoms with Crippen molar-refractivity contribution in [1.29, 1.82) is 0 Å². The zero-order chi connectivity index (χ0) is 15.1. The van der Waals surface area contributed by atoms with Crippen molar-refractivity contribution in [3.8, 4) is 0 Å². The average Bonchev–Trinajstić information content (AvgIpc) is 2.74. The van der Waals surface area contributed by atoms with Crippen LogP contribution in [0.25, 0.3) is 0 Å². The molecule has 0 bridgehead atoms. The lowest BCUT2D eigenvalue weighted by atomic mass is 10.2. The minimum Gasteiger partial charge on any atom is -0.445 e. The van der Waals surface area contributed by atoms with Gasteiger partial charge >= 0.3 is 12.1 Å². The molecule has 0 aromatic carbocycles. The van der Waals surface area contributed by atoms with Crippen LogP contribution in [0.1, 0.15) is 26.2 Å². The van der Waals surface area contributed by atoms with Crippen molar-refractivity contribution in [3.63, 3.8) is 0 Å². The van der Waals surface area contributed by atoms with Gasteiger partial charge in [0.2, 0.25) is 0 Å². The van der Waals surface area contributed by atoms with E-state index in [4.69, 9.17) is 4.84 Å². The third-order valence-electron chi connectivity index (χ3n) is 2.50. The lowest BCUT2D eigenvalue weighted by molar-refractivity contribution is -0.198. The lowest BCUT2D eigenvalue weighted by Crippen LogP contribution is -2.45. The predicted molar refractivity (Wildman–Crippen MR) is 65.9 cm³/mol. The van der Waals surface area contributed by atoms with Gasteiger partial charge in [-0.3, -0.25) is 9.59 Å². The number of nitrogens with zero attached hydrogens (tertiary/aromatic N) is 1. The zero-order valence-corrected chi connectivity index (χ0v) is 11.1. The van der Waals surface area contributed by atoms with Crippen molar-refractivity contribution in [2.75, 3.05) is 6.61 Å². The normalized spacial score (nSPS) is 15.8. The third kappa shape index (κ3) is 4.08. The minimum atomic E-state index is -1.01. The molecule has 1 heterocycles. The number of carbonyl (C=O) groups is 4. The molecule has 110 valence electrons. The summed E-state index contributed by atoms with van der Waals surface area (Å²) >= 11 is 0. The first-order valence-corrected chi connectivity index (χ1v) is 6.11. The molecule has 1 fully saturated rings. The highest BCUT2D eigenvalue weighted by Gasteiger charge is 2.34. The molecule has 3 amide bonds. The molecular weight excluding hydrogens is 268 g/mol. The highest BCUT2D eigenvalue weighted by atomic mass is 16.7. The second-order valence-electron chi connectivity index (χ2n) is 3.98. The van der Waals surface area contributed by atoms with Crippen molar-refractivity contribution < 1.29 is 28.8 Å². The molecule has 0 aliphatic carbocycles. The van der Waals surface area contributed by atoms with Crippen molar-refractivity contribution in [2.45, 2.75) is 32.2 Å². The average molecular weight is 284 g/mol. The Kier molecular flexibility index (Phi) is 5.70. The maximum absolute atomic E-state index is 11.8. The molecule has 0 aromatic heterocycles. The molecule has 1 atom stereocenters. The molecular formula is C12H16N2O6. The van der Waals surface area contributed by atoms with Crippen LogP contribution in [0.3, 0.4) is 0 Å². The first kappa shape index (κ1) is 15.7. The van der Waals surface area contributed by atoms with Crippen molar-refractivity contribution in [2.24, 2.45) is 0 Å². The van der Waals surface area contributed by atoms with E-state index in [1.165, 1.54) is 6.08 Å². The van der Waals surface area contributed by atoms with Gasteiger partial charge in [0.25, 0.3) is 11.8 Å². The molecule has 20 heavy (non-hydrogen) atoms. The summed E-state index contributed by atoms with van der Waals surface area (Å²) in [5.74, 6) is -2.05. The number of imide groups is 1. The Labute approximate surface area is 115 Å². The Bertz CT molecular complexity index is 418. The Balaban J connectivity index is 2.54. The van der Waals surface area contributed by atoms with Crippen LogP contribution in [0.2, 0.25) is 0 Å². The van der Waals surface area contributed by atoms with Crippen LogP contribution in [0.15, 0.2) is 12.7 Å². The second kappa shape index (κ2) is 7.27. The topological polar surface area (TPSA) is 102 Å². The minimum absolute atomic E-state index is 0.000409. The number of alkyl carbamates (subject to hydrolysis) is 1. The molecule has 0 saturated carbocycles. The molecule has 1 aliphatic rings. The largest absolute Gasteiger partial charge is 0.445 e. The Hall–Kier alpha value is -2.38. The van der Waals surface area contributed by atoms with Crippen LogP contribution >= 0.6 is 0 Å². The van der Waals surface area contributed by atoms with Gasteiger partial charge in [-0.25, -0.2) is 9.59 Å². The monoisotopic (exact) mass is 284 g/mol. The van der Waals surface area contributed by atoms with Gasteiger partial charge in [0.1, 0.15) is 12.6 Å². The van der Waals surface area contributed by atoms with Crippen molar-refractivity contribution in [3.05, 3.63) is 12.7 Å². The summed E-state index contributed by atoms with van der Waals surface area (Å²) in [7, 11) is 0. The molecule has 8 heteroatoms. The quantitative estimate of drug-likeness (QED) is 0.555. The number of hydroxylamine groups is 2. The van der Waals surface area contributed by atoms with Gasteiger partial charge in [-0.05, 0) is 6.42 Å². The Morgan fingerprint density at radius 2 is 2.00 bits per heavy atom. The van der Waals surface area contributed by atoms with Crippen molar-refractivity contribution in [1.82, 2.24) is 10.4 Å². The van der Waals surface area contributed by atoms with Gasteiger partial charge in [0.05, 0.1) is 0 Å². The van der Waals surface area contributed by atoms with Crippen LogP contribution in [0.5, 0.6) is 0 Å². The first-order chi connectivity index (χ1) is 9.49. The highest BCUT2D eigenvalue weighted by molar-refractivity contribution is 6.01. The van der Waals surface area contributed by atoms with E-state index < -0.39 is 29.9 Å². The SMILES string of the molecule is C=CCOC(=O)N[C@@H](CC)C(=O)ON1C(=O)CCC1=O. The lowest BCUT2D eigenvalue weighted by Gasteiger charge is -2.18. The molecule has 1 rings (SSSR count). The molecule has 0 unspecified atom stereocenters. The highest BCUT2D eigenvalue weighted by Crippen LogP contribution is 2.13. The van der Waals surface area contributed by atoms with E-state index in [2.05, 4.69) is 16.6 Å². The fourth-order valence-electron chi connectivity index (χ4n) is 1.46. The zero-order valence-electron chi connectivity index (χ0n) is 11.1. The summed E-state index contributed by atoms with van der Waals surface area (Å²) in [5, 5.41) is 2.70. The van der Waals surface area contributed by atoms with E-state index in [-0.39, 0.29) is 25.9 Å². The molecule has 0 aromatic rings. The van der Waals surface area contributed by atoms with Crippen molar-refractivity contribution >= 4 is 23.9 Å². The fraction of sp³-hybridized carbons (Fsp3) is 0.500. The van der Waals surface area contributed by atoms with Gasteiger partial charge in [-0.15, -0.1) is 5.06 Å². The molecule has 8 nitrogen and oxygen atoms in total. The summed E-state index contributed by atoms with van der Waals surface area (Å²) in [6, 6.07) is -1.01. The fourth-order valence-corrected chi connectivity index (χ4v) is 1.46. The molecule has 1 saturated heterocycles. The third-order valence-corrected chi connectivity index (χ3v) is 2.50. The maximum Gasteiger partial charge on any atom is 0.408 e.